The fraction of sp³-hybridized carbons (Fsp3) is 0.182. The van der Waals surface area contributed by atoms with Gasteiger partial charge in [0, 0.05) is 23.6 Å². The van der Waals surface area contributed by atoms with E-state index in [4.69, 9.17) is 9.68 Å². The summed E-state index contributed by atoms with van der Waals surface area (Å²) in [7, 11) is -3.58. The smallest absolute Gasteiger partial charge is 0.287 e. The molecule has 0 aliphatic rings. The van der Waals surface area contributed by atoms with Crippen LogP contribution < -0.4 is 5.32 Å². The van der Waals surface area contributed by atoms with E-state index in [-0.39, 0.29) is 16.4 Å². The Labute approximate surface area is 179 Å². The molecule has 6 nitrogen and oxygen atoms in total. The summed E-state index contributed by atoms with van der Waals surface area (Å²) in [5.74, 6) is 0.561. The molecular formula is C22H20N2O4S2. The van der Waals surface area contributed by atoms with E-state index in [0.29, 0.717) is 29.2 Å². The maximum atomic E-state index is 12.6. The minimum atomic E-state index is -3.58. The van der Waals surface area contributed by atoms with Gasteiger partial charge in [-0.2, -0.15) is 17.0 Å². The van der Waals surface area contributed by atoms with Crippen molar-refractivity contribution in [1.82, 2.24) is 5.32 Å². The van der Waals surface area contributed by atoms with Crippen molar-refractivity contribution in [1.29, 1.82) is 5.26 Å². The van der Waals surface area contributed by atoms with Gasteiger partial charge in [0.25, 0.3) is 5.91 Å². The van der Waals surface area contributed by atoms with Crippen LogP contribution in [-0.4, -0.2) is 26.6 Å². The van der Waals surface area contributed by atoms with E-state index in [9.17, 15) is 13.2 Å². The highest BCUT2D eigenvalue weighted by atomic mass is 32.2. The number of benzene rings is 2. The highest BCUT2D eigenvalue weighted by molar-refractivity contribution is 7.98. The molecule has 1 aromatic heterocycles. The van der Waals surface area contributed by atoms with E-state index >= 15 is 0 Å². The van der Waals surface area contributed by atoms with Crippen molar-refractivity contribution in [3.8, 4) is 6.07 Å². The molecule has 3 rings (SSSR count). The molecular weight excluding hydrogens is 420 g/mol. The summed E-state index contributed by atoms with van der Waals surface area (Å²) < 4.78 is 30.4. The molecule has 0 aliphatic heterocycles. The SMILES string of the molecule is N#Cc1ccccc1CSCCNC(=O)c1occc1CS(=O)(=O)c1ccccc1. The number of carbonyl (C=O) groups is 1. The van der Waals surface area contributed by atoms with Crippen LogP contribution in [0, 0.1) is 11.3 Å². The number of nitriles is 1. The predicted octanol–water partition coefficient (Wildman–Crippen LogP) is 3.79. The predicted molar refractivity (Wildman–Crippen MR) is 116 cm³/mol. The Morgan fingerprint density at radius 3 is 2.53 bits per heavy atom. The minimum absolute atomic E-state index is 0.00864. The van der Waals surface area contributed by atoms with Gasteiger partial charge in [-0.1, -0.05) is 36.4 Å². The average molecular weight is 441 g/mol. The van der Waals surface area contributed by atoms with E-state index in [0.717, 1.165) is 5.56 Å². The molecule has 0 bridgehead atoms. The maximum absolute atomic E-state index is 12.6. The van der Waals surface area contributed by atoms with Crippen LogP contribution in [0.5, 0.6) is 0 Å². The Balaban J connectivity index is 1.52. The second kappa shape index (κ2) is 10.1. The number of thioether (sulfide) groups is 1. The maximum Gasteiger partial charge on any atom is 0.287 e. The highest BCUT2D eigenvalue weighted by Crippen LogP contribution is 2.20. The third kappa shape index (κ3) is 5.53. The van der Waals surface area contributed by atoms with Crippen LogP contribution in [0.4, 0.5) is 0 Å². The molecule has 0 radical (unpaired) electrons. The second-order valence-corrected chi connectivity index (χ2v) is 9.52. The average Bonchev–Trinajstić information content (AvgIpc) is 3.21. The Morgan fingerprint density at radius 1 is 1.03 bits per heavy atom. The summed E-state index contributed by atoms with van der Waals surface area (Å²) in [4.78, 5) is 12.6. The molecule has 2 aromatic carbocycles. The van der Waals surface area contributed by atoms with E-state index in [1.807, 2.05) is 18.2 Å². The number of carbonyl (C=O) groups excluding carboxylic acids is 1. The number of amides is 1. The number of rotatable bonds is 9. The summed E-state index contributed by atoms with van der Waals surface area (Å²) >= 11 is 1.59. The molecule has 0 spiro atoms. The first-order valence-corrected chi connectivity index (χ1v) is 12.0. The number of furan rings is 1. The Kier molecular flexibility index (Phi) is 7.33. The van der Waals surface area contributed by atoms with Crippen molar-refractivity contribution < 1.29 is 17.6 Å². The quantitative estimate of drug-likeness (QED) is 0.508. The van der Waals surface area contributed by atoms with Gasteiger partial charge in [0.15, 0.2) is 15.6 Å². The third-order valence-corrected chi connectivity index (χ3v) is 7.02. The topological polar surface area (TPSA) is 100 Å². The largest absolute Gasteiger partial charge is 0.459 e. The van der Waals surface area contributed by atoms with Crippen LogP contribution in [0.2, 0.25) is 0 Å². The minimum Gasteiger partial charge on any atom is -0.459 e. The number of hydrogen-bond acceptors (Lipinski definition) is 6. The number of nitrogens with zero attached hydrogens (tertiary/aromatic N) is 1. The van der Waals surface area contributed by atoms with Gasteiger partial charge in [-0.3, -0.25) is 4.79 Å². The monoisotopic (exact) mass is 440 g/mol. The van der Waals surface area contributed by atoms with Crippen LogP contribution in [0.3, 0.4) is 0 Å². The first-order valence-electron chi connectivity index (χ1n) is 9.19. The molecule has 3 aromatic rings. The molecule has 1 amide bonds. The Morgan fingerprint density at radius 2 is 1.77 bits per heavy atom. The fourth-order valence-electron chi connectivity index (χ4n) is 2.82. The third-order valence-electron chi connectivity index (χ3n) is 4.33. The van der Waals surface area contributed by atoms with Gasteiger partial charge < -0.3 is 9.73 Å². The van der Waals surface area contributed by atoms with Crippen LogP contribution in [0.1, 0.15) is 27.2 Å². The molecule has 0 unspecified atom stereocenters. The number of sulfone groups is 1. The first kappa shape index (κ1) is 21.7. The van der Waals surface area contributed by atoms with Crippen molar-refractivity contribution in [2.75, 3.05) is 12.3 Å². The zero-order chi connectivity index (χ0) is 21.4. The molecule has 8 heteroatoms. The van der Waals surface area contributed by atoms with Crippen LogP contribution in [0.15, 0.2) is 76.2 Å². The zero-order valence-electron chi connectivity index (χ0n) is 16.1. The van der Waals surface area contributed by atoms with E-state index < -0.39 is 15.7 Å². The molecule has 1 N–H and O–H groups in total. The van der Waals surface area contributed by atoms with Crippen molar-refractivity contribution in [3.05, 3.63) is 89.4 Å². The molecule has 0 saturated carbocycles. The van der Waals surface area contributed by atoms with E-state index in [1.54, 1.807) is 36.0 Å². The molecule has 0 saturated heterocycles. The standard InChI is InChI=1S/C22H20N2O4S2/c23-14-17-6-4-5-7-18(17)15-29-13-11-24-22(25)21-19(10-12-28-21)16-30(26,27)20-8-2-1-3-9-20/h1-10,12H,11,13,15-16H2,(H,24,25). The summed E-state index contributed by atoms with van der Waals surface area (Å²) in [6.45, 7) is 0.393. The van der Waals surface area contributed by atoms with Crippen LogP contribution >= 0.6 is 11.8 Å². The Bertz CT molecular complexity index is 1150. The van der Waals surface area contributed by atoms with Gasteiger partial charge in [0.1, 0.15) is 0 Å². The highest BCUT2D eigenvalue weighted by Gasteiger charge is 2.22. The summed E-state index contributed by atoms with van der Waals surface area (Å²) in [6, 6.07) is 19.2. The van der Waals surface area contributed by atoms with Crippen molar-refractivity contribution in [2.45, 2.75) is 16.4 Å². The molecule has 30 heavy (non-hydrogen) atoms. The molecule has 0 aliphatic carbocycles. The van der Waals surface area contributed by atoms with Crippen LogP contribution in [0.25, 0.3) is 0 Å². The van der Waals surface area contributed by atoms with Gasteiger partial charge in [0.05, 0.1) is 28.5 Å². The first-order chi connectivity index (χ1) is 14.5. The van der Waals surface area contributed by atoms with Crippen molar-refractivity contribution >= 4 is 27.5 Å². The lowest BCUT2D eigenvalue weighted by Crippen LogP contribution is -2.26. The van der Waals surface area contributed by atoms with Crippen molar-refractivity contribution in [3.63, 3.8) is 0 Å². The zero-order valence-corrected chi connectivity index (χ0v) is 17.7. The number of nitrogens with one attached hydrogen (secondary N) is 1. The normalized spacial score (nSPS) is 11.0. The van der Waals surface area contributed by atoms with Gasteiger partial charge in [-0.25, -0.2) is 8.42 Å². The Hall–Kier alpha value is -3.02. The molecule has 0 atom stereocenters. The lowest BCUT2D eigenvalue weighted by molar-refractivity contribution is 0.0927. The molecule has 1 heterocycles. The van der Waals surface area contributed by atoms with E-state index in [2.05, 4.69) is 11.4 Å². The molecule has 0 fully saturated rings. The fourth-order valence-corrected chi connectivity index (χ4v) is 5.06. The van der Waals surface area contributed by atoms with E-state index in [1.165, 1.54) is 24.5 Å². The lowest BCUT2D eigenvalue weighted by Gasteiger charge is -2.07. The second-order valence-electron chi connectivity index (χ2n) is 6.42. The summed E-state index contributed by atoms with van der Waals surface area (Å²) in [6.07, 6.45) is 1.32. The lowest BCUT2D eigenvalue weighted by atomic mass is 10.1. The van der Waals surface area contributed by atoms with Crippen LogP contribution in [-0.2, 0) is 21.3 Å². The summed E-state index contributed by atoms with van der Waals surface area (Å²) in [5, 5.41) is 11.9. The molecule has 154 valence electrons. The van der Waals surface area contributed by atoms with Gasteiger partial charge >= 0.3 is 0 Å². The van der Waals surface area contributed by atoms with Gasteiger partial charge in [-0.15, -0.1) is 0 Å². The van der Waals surface area contributed by atoms with Crippen molar-refractivity contribution in [2.24, 2.45) is 0 Å². The summed E-state index contributed by atoms with van der Waals surface area (Å²) in [5.41, 5.74) is 1.93. The van der Waals surface area contributed by atoms with Gasteiger partial charge in [0.2, 0.25) is 0 Å². The van der Waals surface area contributed by atoms with Gasteiger partial charge in [-0.05, 0) is 29.8 Å². The number of hydrogen-bond donors (Lipinski definition) is 1.